The van der Waals surface area contributed by atoms with Gasteiger partial charge in [0.15, 0.2) is 0 Å². The molecule has 3 aromatic carbocycles. The van der Waals surface area contributed by atoms with Gasteiger partial charge in [-0.1, -0.05) is 62.2 Å². The molecule has 0 saturated carbocycles. The molecule has 4 unspecified atom stereocenters. The molecule has 2 fully saturated rings. The van der Waals surface area contributed by atoms with E-state index >= 15 is 0 Å². The minimum atomic E-state index is -0.887. The average molecular weight is 623 g/mol. The van der Waals surface area contributed by atoms with Crippen molar-refractivity contribution in [1.29, 1.82) is 0 Å². The number of nitrogens with zero attached hydrogens (tertiary/aromatic N) is 3. The third-order valence-corrected chi connectivity index (χ3v) is 9.81. The molecule has 1 aromatic heterocycles. The van der Waals surface area contributed by atoms with Crippen LogP contribution in [-0.4, -0.2) is 76.9 Å². The molecule has 3 aliphatic heterocycles. The molecule has 0 spiro atoms. The van der Waals surface area contributed by atoms with Gasteiger partial charge < -0.3 is 35.3 Å². The summed E-state index contributed by atoms with van der Waals surface area (Å²) >= 11 is 0. The van der Waals surface area contributed by atoms with Crippen LogP contribution in [0.5, 0.6) is 0 Å². The van der Waals surface area contributed by atoms with Crippen molar-refractivity contribution in [2.45, 2.75) is 63.1 Å². The van der Waals surface area contributed by atoms with Crippen molar-refractivity contribution < 1.29 is 19.4 Å². The van der Waals surface area contributed by atoms with Crippen LogP contribution >= 0.6 is 0 Å². The van der Waals surface area contributed by atoms with Gasteiger partial charge in [-0.3, -0.25) is 4.79 Å². The van der Waals surface area contributed by atoms with Gasteiger partial charge in [0.1, 0.15) is 11.7 Å². The van der Waals surface area contributed by atoms with Crippen LogP contribution in [0.3, 0.4) is 0 Å². The lowest BCUT2D eigenvalue weighted by Crippen LogP contribution is -2.49. The summed E-state index contributed by atoms with van der Waals surface area (Å²) in [4.78, 5) is 38.8. The van der Waals surface area contributed by atoms with Crippen molar-refractivity contribution in [2.24, 2.45) is 0 Å². The van der Waals surface area contributed by atoms with Gasteiger partial charge in [-0.15, -0.1) is 0 Å². The molecule has 240 valence electrons. The van der Waals surface area contributed by atoms with E-state index < -0.39 is 18.1 Å². The second kappa shape index (κ2) is 13.1. The molecular formula is C36H42N6O4. The average Bonchev–Trinajstić information content (AvgIpc) is 3.68. The summed E-state index contributed by atoms with van der Waals surface area (Å²) in [6.07, 6.45) is 3.20. The van der Waals surface area contributed by atoms with Crippen LogP contribution in [0.1, 0.15) is 67.1 Å². The van der Waals surface area contributed by atoms with E-state index in [1.165, 1.54) is 5.56 Å². The van der Waals surface area contributed by atoms with Crippen LogP contribution < -0.4 is 15.5 Å². The number of carbonyl (C=O) groups is 2. The molecule has 2 amide bonds. The highest BCUT2D eigenvalue weighted by Gasteiger charge is 2.44. The highest BCUT2D eigenvalue weighted by Crippen LogP contribution is 2.43. The Morgan fingerprint density at radius 3 is 2.67 bits per heavy atom. The van der Waals surface area contributed by atoms with Gasteiger partial charge in [0, 0.05) is 37.1 Å². The fraction of sp³-hybridized carbons (Fsp3) is 0.417. The molecule has 0 aliphatic carbocycles. The maximum absolute atomic E-state index is 14.1. The van der Waals surface area contributed by atoms with Gasteiger partial charge in [-0.2, -0.15) is 0 Å². The Morgan fingerprint density at radius 2 is 1.89 bits per heavy atom. The SMILES string of the molecule is CCCCC1C(NC2c3c(Cc4ccccc4)cccc3NC(=O)C2c2nc3cc(N4CCOCC4)ccc3[nH]2)CCN1C(=O)O. The predicted octanol–water partition coefficient (Wildman–Crippen LogP) is 5.67. The van der Waals surface area contributed by atoms with Gasteiger partial charge in [-0.05, 0) is 60.2 Å². The lowest BCUT2D eigenvalue weighted by atomic mass is 9.82. The van der Waals surface area contributed by atoms with Crippen molar-refractivity contribution in [3.63, 3.8) is 0 Å². The Bertz CT molecular complexity index is 1700. The number of unbranched alkanes of at least 4 members (excludes halogenated alkanes) is 1. The van der Waals surface area contributed by atoms with Gasteiger partial charge in [0.25, 0.3) is 0 Å². The van der Waals surface area contributed by atoms with Gasteiger partial charge >= 0.3 is 6.09 Å². The van der Waals surface area contributed by atoms with Crippen LogP contribution in [0, 0.1) is 0 Å². The zero-order valence-electron chi connectivity index (χ0n) is 26.2. The number of hydrogen-bond donors (Lipinski definition) is 4. The molecule has 4 aromatic rings. The number of amides is 2. The number of benzene rings is 3. The first-order valence-electron chi connectivity index (χ1n) is 16.5. The van der Waals surface area contributed by atoms with Crippen LogP contribution in [0.2, 0.25) is 0 Å². The fourth-order valence-corrected chi connectivity index (χ4v) is 7.52. The van der Waals surface area contributed by atoms with Crippen LogP contribution in [0.15, 0.2) is 66.7 Å². The number of carbonyl (C=O) groups excluding carboxylic acids is 1. The number of rotatable bonds is 9. The first-order valence-corrected chi connectivity index (χ1v) is 16.5. The van der Waals surface area contributed by atoms with Crippen molar-refractivity contribution in [3.05, 3.63) is 89.2 Å². The normalized spacial score (nSPS) is 23.0. The molecule has 0 radical (unpaired) electrons. The lowest BCUT2D eigenvalue weighted by molar-refractivity contribution is -0.118. The number of anilines is 2. The maximum Gasteiger partial charge on any atom is 0.407 e. The second-order valence-corrected chi connectivity index (χ2v) is 12.7. The molecule has 3 aliphatic rings. The molecule has 0 bridgehead atoms. The van der Waals surface area contributed by atoms with E-state index in [1.54, 1.807) is 4.90 Å². The van der Waals surface area contributed by atoms with E-state index in [0.717, 1.165) is 65.9 Å². The van der Waals surface area contributed by atoms with E-state index in [0.29, 0.717) is 38.4 Å². The first-order chi connectivity index (χ1) is 22.5. The summed E-state index contributed by atoms with van der Waals surface area (Å²) < 4.78 is 5.54. The van der Waals surface area contributed by atoms with E-state index in [1.807, 2.05) is 36.4 Å². The summed E-state index contributed by atoms with van der Waals surface area (Å²) in [5, 5.41) is 17.1. The second-order valence-electron chi connectivity index (χ2n) is 12.7. The Balaban J connectivity index is 1.30. The summed E-state index contributed by atoms with van der Waals surface area (Å²) in [5.74, 6) is -0.177. The Morgan fingerprint density at radius 1 is 1.07 bits per heavy atom. The Labute approximate surface area is 269 Å². The zero-order valence-corrected chi connectivity index (χ0v) is 26.2. The van der Waals surface area contributed by atoms with Crippen molar-refractivity contribution >= 4 is 34.4 Å². The third kappa shape index (κ3) is 5.94. The number of carboxylic acid groups (broad SMARTS) is 1. The Hall–Kier alpha value is -4.41. The number of fused-ring (bicyclic) bond motifs is 2. The van der Waals surface area contributed by atoms with Gasteiger partial charge in [-0.25, -0.2) is 9.78 Å². The largest absolute Gasteiger partial charge is 0.465 e. The van der Waals surface area contributed by atoms with E-state index in [4.69, 9.17) is 9.72 Å². The summed E-state index contributed by atoms with van der Waals surface area (Å²) in [5.41, 5.74) is 6.90. The number of morpholine rings is 1. The number of hydrogen-bond acceptors (Lipinski definition) is 6. The number of aromatic amines is 1. The van der Waals surface area contributed by atoms with Crippen LogP contribution in [-0.2, 0) is 16.0 Å². The van der Waals surface area contributed by atoms with Crippen molar-refractivity contribution in [3.8, 4) is 0 Å². The molecule has 4 N–H and O–H groups in total. The smallest absolute Gasteiger partial charge is 0.407 e. The molecule has 2 saturated heterocycles. The Kier molecular flexibility index (Phi) is 8.64. The molecule has 4 heterocycles. The lowest BCUT2D eigenvalue weighted by Gasteiger charge is -2.38. The van der Waals surface area contributed by atoms with Crippen LogP contribution in [0.4, 0.5) is 16.2 Å². The number of nitrogens with one attached hydrogen (secondary N) is 3. The molecule has 4 atom stereocenters. The standard InChI is InChI=1S/C36H42N6O4/c1-2-3-12-30-27(15-16-42(30)36(44)45)37-33-31-24(21-23-8-5-4-6-9-23)10-7-11-28(31)40-35(43)32(33)34-38-26-14-13-25(22-29(26)39-34)41-17-19-46-20-18-41/h4-11,13-14,22,27,30,32-33,37H,2-3,12,15-21H2,1H3,(H,38,39)(H,40,43)(H,44,45). The number of likely N-dealkylation sites (tertiary alicyclic amines) is 1. The monoisotopic (exact) mass is 622 g/mol. The van der Waals surface area contributed by atoms with Crippen molar-refractivity contribution in [2.75, 3.05) is 43.1 Å². The topological polar surface area (TPSA) is 123 Å². The van der Waals surface area contributed by atoms with E-state index in [-0.39, 0.29) is 18.0 Å². The molecule has 7 rings (SSSR count). The number of ether oxygens (including phenoxy) is 1. The fourth-order valence-electron chi connectivity index (χ4n) is 7.52. The quantitative estimate of drug-likeness (QED) is 0.190. The minimum Gasteiger partial charge on any atom is -0.465 e. The number of H-pyrrole nitrogens is 1. The molecular weight excluding hydrogens is 580 g/mol. The predicted molar refractivity (Wildman–Crippen MR) is 179 cm³/mol. The summed E-state index contributed by atoms with van der Waals surface area (Å²) in [7, 11) is 0. The van der Waals surface area contributed by atoms with Gasteiger partial charge in [0.2, 0.25) is 5.91 Å². The van der Waals surface area contributed by atoms with Crippen LogP contribution in [0.25, 0.3) is 11.0 Å². The molecule has 10 nitrogen and oxygen atoms in total. The first kappa shape index (κ1) is 30.3. The number of imidazole rings is 1. The van der Waals surface area contributed by atoms with Crippen molar-refractivity contribution in [1.82, 2.24) is 20.2 Å². The molecule has 10 heteroatoms. The zero-order chi connectivity index (χ0) is 31.6. The van der Waals surface area contributed by atoms with Gasteiger partial charge in [0.05, 0.1) is 36.3 Å². The highest BCUT2D eigenvalue weighted by molar-refractivity contribution is 6.00. The van der Waals surface area contributed by atoms with E-state index in [9.17, 15) is 14.7 Å². The third-order valence-electron chi connectivity index (χ3n) is 9.81. The summed E-state index contributed by atoms with van der Waals surface area (Å²) in [6.45, 7) is 5.65. The maximum atomic E-state index is 14.1. The number of aromatic nitrogens is 2. The summed E-state index contributed by atoms with van der Waals surface area (Å²) in [6, 6.07) is 22.0. The minimum absolute atomic E-state index is 0.101. The highest BCUT2D eigenvalue weighted by atomic mass is 16.5. The van der Waals surface area contributed by atoms with E-state index in [2.05, 4.69) is 57.8 Å². The molecule has 46 heavy (non-hydrogen) atoms.